The van der Waals surface area contributed by atoms with E-state index in [-0.39, 0.29) is 12.7 Å². The minimum Gasteiger partial charge on any atom is -0.446 e. The molecule has 0 spiro atoms. The predicted molar refractivity (Wildman–Crippen MR) is 153 cm³/mol. The van der Waals surface area contributed by atoms with E-state index >= 15 is 0 Å². The second-order valence-corrected chi connectivity index (χ2v) is 12.2. The minimum absolute atomic E-state index is 0.00924. The number of carbonyl (C=O) groups excluding carboxylic acids is 1. The Labute approximate surface area is 231 Å². The lowest BCUT2D eigenvalue weighted by atomic mass is 9.62. The standard InChI is InChI=1S/C32H53NO5/c1-24(2)7-5-9-28-13-15-30-26(8-6-16-32(28,30)4)11-12-27-23-29(14-10-25(27)3)38-31(35)33-17-19-36-21-22-37-20-18-34/h11-12,24,28-30,34H,3,5-10,13-23H2,1-2,4H3,(H,33,35)/b26-11+,27-12-/t28?,29-,30-,32+/m0/s1. The molecule has 3 rings (SSSR count). The van der Waals surface area contributed by atoms with Crippen LogP contribution in [-0.4, -0.2) is 56.9 Å². The van der Waals surface area contributed by atoms with Crippen LogP contribution >= 0.6 is 0 Å². The fourth-order valence-corrected chi connectivity index (χ4v) is 6.88. The lowest BCUT2D eigenvalue weighted by molar-refractivity contribution is 0.0329. The van der Waals surface area contributed by atoms with E-state index < -0.39 is 6.09 Å². The molecular formula is C32H53NO5. The Balaban J connectivity index is 1.47. The third-order valence-corrected chi connectivity index (χ3v) is 9.06. The molecular weight excluding hydrogens is 478 g/mol. The number of carbonyl (C=O) groups is 1. The highest BCUT2D eigenvalue weighted by Gasteiger charge is 2.48. The molecule has 0 radical (unpaired) electrons. The van der Waals surface area contributed by atoms with E-state index in [1.807, 2.05) is 0 Å². The highest BCUT2D eigenvalue weighted by Crippen LogP contribution is 2.58. The maximum atomic E-state index is 12.3. The summed E-state index contributed by atoms with van der Waals surface area (Å²) in [6, 6.07) is 0. The van der Waals surface area contributed by atoms with Crippen molar-refractivity contribution < 1.29 is 24.1 Å². The van der Waals surface area contributed by atoms with Crippen LogP contribution in [0.15, 0.2) is 35.5 Å². The Morgan fingerprint density at radius 1 is 1.13 bits per heavy atom. The van der Waals surface area contributed by atoms with E-state index in [1.165, 1.54) is 62.5 Å². The normalized spacial score (nSPS) is 29.7. The van der Waals surface area contributed by atoms with E-state index in [4.69, 9.17) is 19.3 Å². The number of allylic oxidation sites excluding steroid dienone is 4. The van der Waals surface area contributed by atoms with Gasteiger partial charge in [0, 0.05) is 13.0 Å². The summed E-state index contributed by atoms with van der Waals surface area (Å²) in [7, 11) is 0. The topological polar surface area (TPSA) is 77.0 Å². The first-order valence-electron chi connectivity index (χ1n) is 15.1. The van der Waals surface area contributed by atoms with Crippen molar-refractivity contribution in [2.24, 2.45) is 23.2 Å². The molecule has 3 fully saturated rings. The van der Waals surface area contributed by atoms with Gasteiger partial charge < -0.3 is 24.6 Å². The zero-order valence-corrected chi connectivity index (χ0v) is 24.3. The van der Waals surface area contributed by atoms with Crippen LogP contribution in [-0.2, 0) is 14.2 Å². The van der Waals surface area contributed by atoms with Crippen molar-refractivity contribution in [2.45, 2.75) is 97.5 Å². The van der Waals surface area contributed by atoms with Crippen molar-refractivity contribution in [3.8, 4) is 0 Å². The van der Waals surface area contributed by atoms with Crippen LogP contribution in [0.3, 0.4) is 0 Å². The summed E-state index contributed by atoms with van der Waals surface area (Å²) >= 11 is 0. The Kier molecular flexibility index (Phi) is 12.9. The van der Waals surface area contributed by atoms with Gasteiger partial charge in [-0.2, -0.15) is 0 Å². The number of nitrogens with one attached hydrogen (secondary N) is 1. The van der Waals surface area contributed by atoms with Crippen molar-refractivity contribution >= 4 is 6.09 Å². The van der Waals surface area contributed by atoms with Crippen LogP contribution < -0.4 is 5.32 Å². The first-order chi connectivity index (χ1) is 18.3. The SMILES string of the molecule is C=C1CC[C@H](OC(=O)NCCOCCOCCO)C/C1=C/C=C1\CCC[C@]2(C)C(CCCC(C)C)CC[C@@H]12. The van der Waals surface area contributed by atoms with Crippen molar-refractivity contribution in [1.29, 1.82) is 0 Å². The molecule has 1 unspecified atom stereocenters. The number of fused-ring (bicyclic) bond motifs is 1. The molecule has 0 bridgehead atoms. The van der Waals surface area contributed by atoms with Gasteiger partial charge in [0.1, 0.15) is 6.10 Å². The molecule has 0 aliphatic heterocycles. The maximum absolute atomic E-state index is 12.3. The van der Waals surface area contributed by atoms with Gasteiger partial charge in [-0.3, -0.25) is 0 Å². The fraction of sp³-hybridized carbons (Fsp3) is 0.781. The van der Waals surface area contributed by atoms with E-state index in [2.05, 4.69) is 44.8 Å². The molecule has 38 heavy (non-hydrogen) atoms. The lowest BCUT2D eigenvalue weighted by Crippen LogP contribution is -2.33. The number of aliphatic hydroxyl groups excluding tert-OH is 1. The lowest BCUT2D eigenvalue weighted by Gasteiger charge is -2.42. The molecule has 3 saturated carbocycles. The molecule has 3 aliphatic rings. The molecule has 0 aromatic carbocycles. The van der Waals surface area contributed by atoms with Crippen LogP contribution in [0, 0.1) is 23.2 Å². The first kappa shape index (κ1) is 30.9. The predicted octanol–water partition coefficient (Wildman–Crippen LogP) is 6.74. The number of hydrogen-bond donors (Lipinski definition) is 2. The van der Waals surface area contributed by atoms with Crippen molar-refractivity contribution in [1.82, 2.24) is 5.32 Å². The van der Waals surface area contributed by atoms with Gasteiger partial charge in [0.05, 0.1) is 33.0 Å². The van der Waals surface area contributed by atoms with Crippen molar-refractivity contribution in [2.75, 3.05) is 39.6 Å². The summed E-state index contributed by atoms with van der Waals surface area (Å²) in [5.74, 6) is 2.39. The van der Waals surface area contributed by atoms with Gasteiger partial charge in [-0.15, -0.1) is 0 Å². The molecule has 3 aliphatic carbocycles. The van der Waals surface area contributed by atoms with Gasteiger partial charge in [0.15, 0.2) is 0 Å². The first-order valence-corrected chi connectivity index (χ1v) is 15.1. The third kappa shape index (κ3) is 9.24. The molecule has 216 valence electrons. The van der Waals surface area contributed by atoms with Crippen molar-refractivity contribution in [3.63, 3.8) is 0 Å². The number of rotatable bonds is 14. The Morgan fingerprint density at radius 3 is 2.68 bits per heavy atom. The van der Waals surface area contributed by atoms with Crippen LogP contribution in [0.25, 0.3) is 0 Å². The number of hydrogen-bond acceptors (Lipinski definition) is 5. The summed E-state index contributed by atoms with van der Waals surface area (Å²) < 4.78 is 16.3. The smallest absolute Gasteiger partial charge is 0.407 e. The Bertz CT molecular complexity index is 819. The number of ether oxygens (including phenoxy) is 3. The summed E-state index contributed by atoms with van der Waals surface area (Å²) in [6.45, 7) is 13.5. The zero-order chi connectivity index (χ0) is 27.4. The maximum Gasteiger partial charge on any atom is 0.407 e. The van der Waals surface area contributed by atoms with E-state index in [0.717, 1.165) is 37.0 Å². The van der Waals surface area contributed by atoms with Gasteiger partial charge in [-0.25, -0.2) is 4.79 Å². The van der Waals surface area contributed by atoms with Crippen LogP contribution in [0.4, 0.5) is 4.79 Å². The quantitative estimate of drug-likeness (QED) is 0.243. The molecule has 4 atom stereocenters. The fourth-order valence-electron chi connectivity index (χ4n) is 6.88. The van der Waals surface area contributed by atoms with Crippen molar-refractivity contribution in [3.05, 3.63) is 35.5 Å². The van der Waals surface area contributed by atoms with Gasteiger partial charge in [0.25, 0.3) is 0 Å². The number of alkyl carbamates (subject to hydrolysis) is 1. The second-order valence-electron chi connectivity index (χ2n) is 12.2. The molecule has 6 heteroatoms. The average molecular weight is 532 g/mol. The second kappa shape index (κ2) is 15.8. The minimum atomic E-state index is -0.391. The Morgan fingerprint density at radius 2 is 1.92 bits per heavy atom. The molecule has 1 amide bonds. The van der Waals surface area contributed by atoms with Gasteiger partial charge in [-0.1, -0.05) is 63.5 Å². The molecule has 2 N–H and O–H groups in total. The number of amides is 1. The Hall–Kier alpha value is -1.63. The van der Waals surface area contributed by atoms with Gasteiger partial charge >= 0.3 is 6.09 Å². The van der Waals surface area contributed by atoms with Gasteiger partial charge in [-0.05, 0) is 80.1 Å². The zero-order valence-electron chi connectivity index (χ0n) is 24.3. The summed E-state index contributed by atoms with van der Waals surface area (Å²) in [5, 5.41) is 11.4. The summed E-state index contributed by atoms with van der Waals surface area (Å²) in [6.07, 6.45) is 17.3. The molecule has 0 saturated heterocycles. The summed E-state index contributed by atoms with van der Waals surface area (Å²) in [4.78, 5) is 12.3. The average Bonchev–Trinajstić information content (AvgIpc) is 3.22. The summed E-state index contributed by atoms with van der Waals surface area (Å²) in [5.41, 5.74) is 4.50. The van der Waals surface area contributed by atoms with E-state index in [9.17, 15) is 4.79 Å². The highest BCUT2D eigenvalue weighted by molar-refractivity contribution is 5.67. The van der Waals surface area contributed by atoms with Gasteiger partial charge in [0.2, 0.25) is 0 Å². The van der Waals surface area contributed by atoms with E-state index in [1.54, 1.807) is 5.57 Å². The highest BCUT2D eigenvalue weighted by atomic mass is 16.6. The van der Waals surface area contributed by atoms with E-state index in [0.29, 0.717) is 38.4 Å². The number of aliphatic hydroxyl groups is 1. The monoisotopic (exact) mass is 531 g/mol. The van der Waals surface area contributed by atoms with Crippen LogP contribution in [0.1, 0.15) is 91.4 Å². The molecule has 0 heterocycles. The van der Waals surface area contributed by atoms with Crippen LogP contribution in [0.2, 0.25) is 0 Å². The largest absolute Gasteiger partial charge is 0.446 e. The third-order valence-electron chi connectivity index (χ3n) is 9.06. The molecule has 6 nitrogen and oxygen atoms in total. The molecule has 0 aromatic heterocycles. The molecule has 0 aromatic rings. The van der Waals surface area contributed by atoms with Crippen LogP contribution in [0.5, 0.6) is 0 Å².